The number of benzene rings is 1. The third-order valence-corrected chi connectivity index (χ3v) is 5.73. The highest BCUT2D eigenvalue weighted by Gasteiger charge is 2.38. The van der Waals surface area contributed by atoms with E-state index in [1.54, 1.807) is 21.3 Å². The molecule has 0 fully saturated rings. The van der Waals surface area contributed by atoms with Gasteiger partial charge in [-0.1, -0.05) is 30.8 Å². The second-order valence-electron chi connectivity index (χ2n) is 4.42. The van der Waals surface area contributed by atoms with Crippen molar-refractivity contribution in [3.63, 3.8) is 0 Å². The van der Waals surface area contributed by atoms with Crippen molar-refractivity contribution >= 4 is 8.80 Å². The zero-order chi connectivity index (χ0) is 15.6. The quantitative estimate of drug-likeness (QED) is 0.464. The minimum Gasteiger partial charge on any atom is -0.497 e. The fourth-order valence-corrected chi connectivity index (χ4v) is 3.58. The van der Waals surface area contributed by atoms with Gasteiger partial charge in [0.1, 0.15) is 6.61 Å². The molecule has 21 heavy (non-hydrogen) atoms. The first kappa shape index (κ1) is 17.9. The van der Waals surface area contributed by atoms with E-state index in [0.29, 0.717) is 25.9 Å². The van der Waals surface area contributed by atoms with E-state index < -0.39 is 8.80 Å². The lowest BCUT2D eigenvalue weighted by molar-refractivity contribution is 0.0813. The maximum Gasteiger partial charge on any atom is 0.503 e. The molecular formula is C15H24O5Si. The smallest absolute Gasteiger partial charge is 0.497 e. The number of hydrogen-bond acceptors (Lipinski definition) is 5. The SMILES string of the molecule is C=COCc1ccc(CO[Si](CCOC)(OC)OC)cc1. The molecule has 118 valence electrons. The number of methoxy groups -OCH3 is 1. The molecular weight excluding hydrogens is 288 g/mol. The van der Waals surface area contributed by atoms with Gasteiger partial charge in [-0.2, -0.15) is 0 Å². The van der Waals surface area contributed by atoms with Crippen LogP contribution in [0.1, 0.15) is 11.1 Å². The molecule has 0 aliphatic heterocycles. The van der Waals surface area contributed by atoms with Crippen LogP contribution < -0.4 is 0 Å². The standard InChI is InChI=1S/C15H24O5Si/c1-5-19-12-14-6-8-15(9-7-14)13-20-21(17-3,18-4)11-10-16-2/h5-9H,1,10-13H2,2-4H3. The second kappa shape index (κ2) is 9.70. The van der Waals surface area contributed by atoms with Gasteiger partial charge < -0.3 is 22.8 Å². The zero-order valence-corrected chi connectivity index (χ0v) is 14.0. The van der Waals surface area contributed by atoms with Gasteiger partial charge in [0.2, 0.25) is 0 Å². The summed E-state index contributed by atoms with van der Waals surface area (Å²) in [6.45, 7) is 5.03. The van der Waals surface area contributed by atoms with E-state index in [1.165, 1.54) is 6.26 Å². The van der Waals surface area contributed by atoms with Crippen LogP contribution in [0.5, 0.6) is 0 Å². The summed E-state index contributed by atoms with van der Waals surface area (Å²) >= 11 is 0. The van der Waals surface area contributed by atoms with Gasteiger partial charge >= 0.3 is 8.80 Å². The van der Waals surface area contributed by atoms with Crippen molar-refractivity contribution in [2.24, 2.45) is 0 Å². The van der Waals surface area contributed by atoms with Crippen molar-refractivity contribution in [2.45, 2.75) is 19.3 Å². The van der Waals surface area contributed by atoms with Crippen LogP contribution in [0.25, 0.3) is 0 Å². The Hall–Kier alpha value is -1.18. The zero-order valence-electron chi connectivity index (χ0n) is 13.0. The summed E-state index contributed by atoms with van der Waals surface area (Å²) in [5, 5.41) is 0. The minimum absolute atomic E-state index is 0.445. The van der Waals surface area contributed by atoms with E-state index in [2.05, 4.69) is 6.58 Å². The van der Waals surface area contributed by atoms with Crippen molar-refractivity contribution in [1.29, 1.82) is 0 Å². The van der Waals surface area contributed by atoms with Gasteiger partial charge in [0.15, 0.2) is 0 Å². The van der Waals surface area contributed by atoms with Crippen molar-refractivity contribution in [3.8, 4) is 0 Å². The molecule has 5 nitrogen and oxygen atoms in total. The van der Waals surface area contributed by atoms with Crippen molar-refractivity contribution in [1.82, 2.24) is 0 Å². The molecule has 0 aliphatic carbocycles. The molecule has 0 N–H and O–H groups in total. The third-order valence-electron chi connectivity index (χ3n) is 3.08. The Labute approximate surface area is 127 Å². The van der Waals surface area contributed by atoms with E-state index in [0.717, 1.165) is 11.1 Å². The predicted octanol–water partition coefficient (Wildman–Crippen LogP) is 2.74. The molecule has 0 unspecified atom stereocenters. The van der Waals surface area contributed by atoms with Crippen LogP contribution in [0.2, 0.25) is 6.04 Å². The van der Waals surface area contributed by atoms with Gasteiger partial charge in [0.25, 0.3) is 0 Å². The van der Waals surface area contributed by atoms with E-state index >= 15 is 0 Å². The van der Waals surface area contributed by atoms with E-state index in [-0.39, 0.29) is 0 Å². The van der Waals surface area contributed by atoms with Crippen molar-refractivity contribution in [2.75, 3.05) is 27.9 Å². The number of hydrogen-bond donors (Lipinski definition) is 0. The highest BCUT2D eigenvalue weighted by Crippen LogP contribution is 2.17. The molecule has 0 spiro atoms. The van der Waals surface area contributed by atoms with Gasteiger partial charge in [0, 0.05) is 27.4 Å². The minimum atomic E-state index is -2.64. The Morgan fingerprint density at radius 1 is 1.00 bits per heavy atom. The van der Waals surface area contributed by atoms with Gasteiger partial charge in [-0.05, 0) is 11.1 Å². The summed E-state index contributed by atoms with van der Waals surface area (Å²) < 4.78 is 27.1. The second-order valence-corrected chi connectivity index (χ2v) is 7.39. The molecule has 0 aliphatic rings. The van der Waals surface area contributed by atoms with E-state index in [4.69, 9.17) is 22.8 Å². The average molecular weight is 312 g/mol. The van der Waals surface area contributed by atoms with Crippen LogP contribution in [0.3, 0.4) is 0 Å². The van der Waals surface area contributed by atoms with Crippen LogP contribution >= 0.6 is 0 Å². The lowest BCUT2D eigenvalue weighted by Crippen LogP contribution is -2.44. The Kier molecular flexibility index (Phi) is 8.25. The fourth-order valence-electron chi connectivity index (χ4n) is 1.78. The maximum absolute atomic E-state index is 5.90. The topological polar surface area (TPSA) is 46.2 Å². The van der Waals surface area contributed by atoms with Gasteiger partial charge in [-0.25, -0.2) is 0 Å². The molecule has 0 aromatic heterocycles. The van der Waals surface area contributed by atoms with Gasteiger partial charge in [0.05, 0.1) is 19.5 Å². The van der Waals surface area contributed by atoms with Crippen molar-refractivity contribution < 1.29 is 22.8 Å². The van der Waals surface area contributed by atoms with Crippen LogP contribution in [-0.4, -0.2) is 36.7 Å². The summed E-state index contributed by atoms with van der Waals surface area (Å²) in [4.78, 5) is 0. The highest BCUT2D eigenvalue weighted by molar-refractivity contribution is 6.60. The third kappa shape index (κ3) is 5.99. The largest absolute Gasteiger partial charge is 0.503 e. The Morgan fingerprint density at radius 3 is 2.05 bits per heavy atom. The molecule has 0 bridgehead atoms. The summed E-state index contributed by atoms with van der Waals surface area (Å²) in [7, 11) is 2.23. The molecule has 0 radical (unpaired) electrons. The lowest BCUT2D eigenvalue weighted by Gasteiger charge is -2.26. The summed E-state index contributed by atoms with van der Waals surface area (Å²) in [6, 6.07) is 8.63. The molecule has 0 atom stereocenters. The molecule has 0 heterocycles. The summed E-state index contributed by atoms with van der Waals surface area (Å²) in [6.07, 6.45) is 1.43. The Bertz CT molecular complexity index is 403. The predicted molar refractivity (Wildman–Crippen MR) is 82.7 cm³/mol. The van der Waals surface area contributed by atoms with Crippen molar-refractivity contribution in [3.05, 3.63) is 48.2 Å². The molecule has 0 amide bonds. The van der Waals surface area contributed by atoms with Crippen LogP contribution in [0.15, 0.2) is 37.1 Å². The van der Waals surface area contributed by atoms with Crippen LogP contribution in [0, 0.1) is 0 Å². The summed E-state index contributed by atoms with van der Waals surface area (Å²) in [5.74, 6) is 0. The molecule has 1 aromatic rings. The molecule has 6 heteroatoms. The summed E-state index contributed by atoms with van der Waals surface area (Å²) in [5.41, 5.74) is 2.14. The molecule has 1 aromatic carbocycles. The normalized spacial score (nSPS) is 11.4. The van der Waals surface area contributed by atoms with Gasteiger partial charge in [-0.3, -0.25) is 0 Å². The van der Waals surface area contributed by atoms with E-state index in [1.807, 2.05) is 24.3 Å². The molecule has 1 rings (SSSR count). The fraction of sp³-hybridized carbons (Fsp3) is 0.467. The molecule has 0 saturated carbocycles. The van der Waals surface area contributed by atoms with Crippen LogP contribution in [-0.2, 0) is 36.0 Å². The van der Waals surface area contributed by atoms with Crippen LogP contribution in [0.4, 0.5) is 0 Å². The Balaban J connectivity index is 2.56. The monoisotopic (exact) mass is 312 g/mol. The Morgan fingerprint density at radius 2 is 1.57 bits per heavy atom. The van der Waals surface area contributed by atoms with Gasteiger partial charge in [-0.15, -0.1) is 0 Å². The maximum atomic E-state index is 5.90. The average Bonchev–Trinajstić information content (AvgIpc) is 2.55. The van der Waals surface area contributed by atoms with E-state index in [9.17, 15) is 0 Å². The lowest BCUT2D eigenvalue weighted by atomic mass is 10.1. The number of ether oxygens (including phenoxy) is 2. The number of rotatable bonds is 11. The first-order valence-corrected chi connectivity index (χ1v) is 8.66. The first-order chi connectivity index (χ1) is 10.2. The highest BCUT2D eigenvalue weighted by atomic mass is 28.4. The molecule has 0 saturated heterocycles. The first-order valence-electron chi connectivity index (χ1n) is 6.73.